The number of rotatable bonds is 6. The molecule has 0 bridgehead atoms. The predicted octanol–water partition coefficient (Wildman–Crippen LogP) is 3.29. The second-order valence-electron chi connectivity index (χ2n) is 7.70. The molecule has 4 rings (SSSR count). The van der Waals surface area contributed by atoms with E-state index in [0.29, 0.717) is 16.6 Å². The Morgan fingerprint density at radius 1 is 0.968 bits per heavy atom. The maximum Gasteiger partial charge on any atom is 0.296 e. The summed E-state index contributed by atoms with van der Waals surface area (Å²) in [5.41, 5.74) is 1.79. The number of nitrogens with zero attached hydrogens (tertiary/aromatic N) is 2. The van der Waals surface area contributed by atoms with Crippen LogP contribution in [0.25, 0.3) is 10.9 Å². The summed E-state index contributed by atoms with van der Waals surface area (Å²) in [7, 11) is 0. The van der Waals surface area contributed by atoms with E-state index in [1.165, 1.54) is 13.0 Å². The average molecular weight is 417 g/mol. The van der Waals surface area contributed by atoms with Gasteiger partial charge in [0.1, 0.15) is 6.54 Å². The Hall–Kier alpha value is -3.74. The summed E-state index contributed by atoms with van der Waals surface area (Å²) in [4.78, 5) is 51.6. The highest BCUT2D eigenvalue weighted by Gasteiger charge is 2.24. The average Bonchev–Trinajstić information content (AvgIpc) is 3.42. The van der Waals surface area contributed by atoms with Crippen LogP contribution in [-0.2, 0) is 16.1 Å². The molecule has 1 fully saturated rings. The number of aromatic nitrogens is 1. The van der Waals surface area contributed by atoms with Crippen LogP contribution in [0.15, 0.2) is 54.7 Å². The third-order valence-electron chi connectivity index (χ3n) is 5.53. The molecule has 0 atom stereocenters. The lowest BCUT2D eigenvalue weighted by Crippen LogP contribution is -2.30. The molecule has 7 heteroatoms. The molecule has 1 aliphatic rings. The number of ketones is 2. The molecular weight excluding hydrogens is 394 g/mol. The zero-order valence-electron chi connectivity index (χ0n) is 17.3. The molecule has 1 saturated heterocycles. The van der Waals surface area contributed by atoms with Gasteiger partial charge >= 0.3 is 0 Å². The molecule has 31 heavy (non-hydrogen) atoms. The minimum atomic E-state index is -0.797. The number of carbonyl (C=O) groups is 4. The van der Waals surface area contributed by atoms with E-state index in [-0.39, 0.29) is 23.8 Å². The van der Waals surface area contributed by atoms with Crippen molar-refractivity contribution in [3.63, 3.8) is 0 Å². The van der Waals surface area contributed by atoms with Gasteiger partial charge in [0.15, 0.2) is 5.78 Å². The van der Waals surface area contributed by atoms with E-state index in [4.69, 9.17) is 0 Å². The molecule has 0 spiro atoms. The van der Waals surface area contributed by atoms with Crippen molar-refractivity contribution in [3.05, 3.63) is 65.9 Å². The Labute approximate surface area is 179 Å². The highest BCUT2D eigenvalue weighted by Crippen LogP contribution is 2.23. The molecule has 2 heterocycles. The Balaban J connectivity index is 1.59. The molecular formula is C24H23N3O4. The van der Waals surface area contributed by atoms with E-state index < -0.39 is 11.7 Å². The number of likely N-dealkylation sites (tertiary alicyclic amines) is 1. The molecule has 158 valence electrons. The number of para-hydroxylation sites is 1. The number of amides is 2. The van der Waals surface area contributed by atoms with Gasteiger partial charge in [0.25, 0.3) is 11.7 Å². The molecule has 7 nitrogen and oxygen atoms in total. The van der Waals surface area contributed by atoms with Crippen LogP contribution in [0.2, 0.25) is 0 Å². The first-order valence-corrected chi connectivity index (χ1v) is 10.3. The molecule has 1 N–H and O–H groups in total. The Kier molecular flexibility index (Phi) is 5.66. The smallest absolute Gasteiger partial charge is 0.296 e. The van der Waals surface area contributed by atoms with Crippen molar-refractivity contribution < 1.29 is 19.2 Å². The van der Waals surface area contributed by atoms with Gasteiger partial charge in [-0.3, -0.25) is 19.2 Å². The summed E-state index contributed by atoms with van der Waals surface area (Å²) < 4.78 is 1.73. The van der Waals surface area contributed by atoms with Crippen LogP contribution in [0.1, 0.15) is 40.5 Å². The first-order chi connectivity index (χ1) is 14.9. The van der Waals surface area contributed by atoms with E-state index in [1.54, 1.807) is 41.1 Å². The minimum Gasteiger partial charge on any atom is -0.341 e. The number of fused-ring (bicyclic) bond motifs is 1. The molecule has 0 radical (unpaired) electrons. The topological polar surface area (TPSA) is 88.5 Å². The molecule has 2 aromatic carbocycles. The van der Waals surface area contributed by atoms with E-state index in [9.17, 15) is 19.2 Å². The number of nitrogens with one attached hydrogen (secondary N) is 1. The van der Waals surface area contributed by atoms with Gasteiger partial charge in [-0.15, -0.1) is 0 Å². The van der Waals surface area contributed by atoms with Crippen molar-refractivity contribution in [2.75, 3.05) is 18.4 Å². The summed E-state index contributed by atoms with van der Waals surface area (Å²) in [6, 6.07) is 13.7. The van der Waals surface area contributed by atoms with Crippen LogP contribution in [0.4, 0.5) is 5.69 Å². The van der Waals surface area contributed by atoms with Crippen LogP contribution in [-0.4, -0.2) is 45.9 Å². The van der Waals surface area contributed by atoms with Crippen LogP contribution in [0, 0.1) is 0 Å². The first-order valence-electron chi connectivity index (χ1n) is 10.3. The molecule has 0 aliphatic carbocycles. The zero-order chi connectivity index (χ0) is 22.0. The second-order valence-corrected chi connectivity index (χ2v) is 7.70. The van der Waals surface area contributed by atoms with E-state index in [0.717, 1.165) is 31.4 Å². The van der Waals surface area contributed by atoms with E-state index in [1.807, 2.05) is 17.0 Å². The van der Waals surface area contributed by atoms with Crippen LogP contribution >= 0.6 is 0 Å². The van der Waals surface area contributed by atoms with Gasteiger partial charge < -0.3 is 14.8 Å². The third-order valence-corrected chi connectivity index (χ3v) is 5.53. The molecule has 1 aliphatic heterocycles. The summed E-state index contributed by atoms with van der Waals surface area (Å²) in [5, 5.41) is 3.19. The number of hydrogen-bond donors (Lipinski definition) is 1. The lowest BCUT2D eigenvalue weighted by atomic mass is 10.1. The van der Waals surface area contributed by atoms with Gasteiger partial charge in [0.05, 0.1) is 5.56 Å². The maximum absolute atomic E-state index is 12.9. The molecule has 1 aromatic heterocycles. The van der Waals surface area contributed by atoms with E-state index in [2.05, 4.69) is 5.32 Å². The normalized spacial score (nSPS) is 13.4. The SMILES string of the molecule is CC(=O)c1cccc(NC(=O)C(=O)c2cn(CC(=O)N3CCCC3)c3ccccc23)c1. The monoisotopic (exact) mass is 417 g/mol. The standard InChI is InChI=1S/C24H23N3O4/c1-16(28)17-7-6-8-18(13-17)25-24(31)23(30)20-14-27(21-10-3-2-9-19(20)21)15-22(29)26-11-4-5-12-26/h2-3,6-10,13-14H,4-5,11-12,15H2,1H3,(H,25,31). The van der Waals surface area contributed by atoms with Gasteiger partial charge in [-0.1, -0.05) is 30.3 Å². The fourth-order valence-electron chi connectivity index (χ4n) is 3.90. The van der Waals surface area contributed by atoms with Crippen LogP contribution < -0.4 is 5.32 Å². The lowest BCUT2D eigenvalue weighted by Gasteiger charge is -2.15. The van der Waals surface area contributed by atoms with Gasteiger partial charge in [0.2, 0.25) is 5.91 Å². The summed E-state index contributed by atoms with van der Waals surface area (Å²) >= 11 is 0. The molecule has 2 amide bonds. The fraction of sp³-hybridized carbons (Fsp3) is 0.250. The first kappa shape index (κ1) is 20.5. The number of benzene rings is 2. The number of anilines is 1. The largest absolute Gasteiger partial charge is 0.341 e. The highest BCUT2D eigenvalue weighted by molar-refractivity contribution is 6.48. The minimum absolute atomic E-state index is 0.00255. The highest BCUT2D eigenvalue weighted by atomic mass is 16.2. The Morgan fingerprint density at radius 3 is 2.45 bits per heavy atom. The molecule has 3 aromatic rings. The van der Waals surface area contributed by atoms with Crippen molar-refractivity contribution in [2.45, 2.75) is 26.3 Å². The summed E-state index contributed by atoms with van der Waals surface area (Å²) in [5.74, 6) is -1.62. The van der Waals surface area contributed by atoms with Crippen molar-refractivity contribution in [1.29, 1.82) is 0 Å². The Bertz CT molecular complexity index is 1190. The lowest BCUT2D eigenvalue weighted by molar-refractivity contribution is -0.130. The maximum atomic E-state index is 12.9. The molecule has 0 saturated carbocycles. The predicted molar refractivity (Wildman–Crippen MR) is 117 cm³/mol. The third kappa shape index (κ3) is 4.26. The van der Waals surface area contributed by atoms with Crippen molar-refractivity contribution >= 4 is 40.0 Å². The van der Waals surface area contributed by atoms with Gasteiger partial charge in [-0.25, -0.2) is 0 Å². The second kappa shape index (κ2) is 8.55. The van der Waals surface area contributed by atoms with Gasteiger partial charge in [0, 0.05) is 41.4 Å². The number of hydrogen-bond acceptors (Lipinski definition) is 4. The van der Waals surface area contributed by atoms with Crippen molar-refractivity contribution in [1.82, 2.24) is 9.47 Å². The van der Waals surface area contributed by atoms with Crippen LogP contribution in [0.5, 0.6) is 0 Å². The number of Topliss-reactive ketones (excluding diaryl/α,β-unsaturated/α-hetero) is 2. The van der Waals surface area contributed by atoms with Crippen molar-refractivity contribution in [3.8, 4) is 0 Å². The van der Waals surface area contributed by atoms with E-state index >= 15 is 0 Å². The molecule has 0 unspecified atom stereocenters. The summed E-state index contributed by atoms with van der Waals surface area (Å²) in [6.07, 6.45) is 3.59. The quantitative estimate of drug-likeness (QED) is 0.492. The van der Waals surface area contributed by atoms with Gasteiger partial charge in [-0.2, -0.15) is 0 Å². The number of carbonyl (C=O) groups excluding carboxylic acids is 4. The zero-order valence-corrected chi connectivity index (χ0v) is 17.3. The van der Waals surface area contributed by atoms with Crippen LogP contribution in [0.3, 0.4) is 0 Å². The van der Waals surface area contributed by atoms with Crippen molar-refractivity contribution in [2.24, 2.45) is 0 Å². The summed E-state index contributed by atoms with van der Waals surface area (Å²) in [6.45, 7) is 3.07. The van der Waals surface area contributed by atoms with Gasteiger partial charge in [-0.05, 0) is 38.0 Å². The Morgan fingerprint density at radius 2 is 1.71 bits per heavy atom. The fourth-order valence-corrected chi connectivity index (χ4v) is 3.90.